The molecule has 0 radical (unpaired) electrons. The summed E-state index contributed by atoms with van der Waals surface area (Å²) >= 11 is 0. The van der Waals surface area contributed by atoms with Crippen molar-refractivity contribution in [2.24, 2.45) is 28.6 Å². The van der Waals surface area contributed by atoms with E-state index in [0.29, 0.717) is 29.3 Å². The lowest BCUT2D eigenvalue weighted by atomic mass is 9.62. The molecule has 0 aromatic rings. The van der Waals surface area contributed by atoms with Crippen LogP contribution in [0.3, 0.4) is 0 Å². The summed E-state index contributed by atoms with van der Waals surface area (Å²) < 4.78 is 6.30. The minimum Gasteiger partial charge on any atom is -0.392 e. The van der Waals surface area contributed by atoms with Gasteiger partial charge in [-0.3, -0.25) is 0 Å². The molecule has 3 heteroatoms. The number of hydrogen-bond acceptors (Lipinski definition) is 3. The maximum absolute atomic E-state index is 10.5. The SMILES string of the molecule is CC(C)CCOC(C)C1CCC2C(=CC=C3CC(O)C4(CC4)C(O)C3)CCCC21C. The van der Waals surface area contributed by atoms with Crippen molar-refractivity contribution in [2.45, 2.75) is 110 Å². The first-order valence-corrected chi connectivity index (χ1v) is 12.6. The van der Waals surface area contributed by atoms with Gasteiger partial charge in [0.2, 0.25) is 0 Å². The van der Waals surface area contributed by atoms with Crippen molar-refractivity contribution in [2.75, 3.05) is 6.61 Å². The Bertz CT molecular complexity index is 658. The largest absolute Gasteiger partial charge is 0.392 e. The molecule has 0 saturated heterocycles. The summed E-state index contributed by atoms with van der Waals surface area (Å²) in [6.07, 6.45) is 15.2. The van der Waals surface area contributed by atoms with Gasteiger partial charge in [-0.25, -0.2) is 0 Å². The van der Waals surface area contributed by atoms with Gasteiger partial charge in [0.15, 0.2) is 0 Å². The third kappa shape index (κ3) is 4.19. The monoisotopic (exact) mass is 416 g/mol. The summed E-state index contributed by atoms with van der Waals surface area (Å²) in [7, 11) is 0. The number of ether oxygens (including phenoxy) is 1. The van der Waals surface area contributed by atoms with E-state index in [1.165, 1.54) is 37.7 Å². The minimum atomic E-state index is -0.359. The van der Waals surface area contributed by atoms with Crippen LogP contribution in [0.4, 0.5) is 0 Å². The van der Waals surface area contributed by atoms with Gasteiger partial charge in [-0.1, -0.05) is 44.1 Å². The molecule has 4 aliphatic carbocycles. The van der Waals surface area contributed by atoms with E-state index in [2.05, 4.69) is 39.8 Å². The first-order chi connectivity index (χ1) is 14.3. The normalized spacial score (nSPS) is 40.1. The van der Waals surface area contributed by atoms with Gasteiger partial charge in [0.1, 0.15) is 0 Å². The summed E-state index contributed by atoms with van der Waals surface area (Å²) in [4.78, 5) is 0. The summed E-state index contributed by atoms with van der Waals surface area (Å²) in [5.74, 6) is 2.02. The van der Waals surface area contributed by atoms with Gasteiger partial charge in [-0.15, -0.1) is 0 Å². The van der Waals surface area contributed by atoms with E-state index < -0.39 is 0 Å². The van der Waals surface area contributed by atoms with Crippen molar-refractivity contribution >= 4 is 0 Å². The molecule has 0 bridgehead atoms. The molecule has 0 aromatic heterocycles. The van der Waals surface area contributed by atoms with Crippen molar-refractivity contribution < 1.29 is 14.9 Å². The van der Waals surface area contributed by atoms with Crippen molar-refractivity contribution in [3.05, 3.63) is 23.3 Å². The standard InChI is InChI=1S/C27H44O3/c1-18(2)11-15-30-19(3)22-9-10-23-21(6-5-12-26(22,23)4)8-7-20-16-24(28)27(13-14-27)25(29)17-20/h7-8,18-19,22-25,28-29H,5-6,9-17H2,1-4H3. The second-order valence-corrected chi connectivity index (χ2v) is 11.6. The lowest BCUT2D eigenvalue weighted by Crippen LogP contribution is -2.39. The van der Waals surface area contributed by atoms with Crippen LogP contribution in [0.5, 0.6) is 0 Å². The van der Waals surface area contributed by atoms with Crippen LogP contribution in [-0.2, 0) is 4.74 Å². The Hall–Kier alpha value is -0.640. The van der Waals surface area contributed by atoms with Crippen molar-refractivity contribution in [3.63, 3.8) is 0 Å². The molecular weight excluding hydrogens is 372 g/mol. The second kappa shape index (κ2) is 8.71. The fourth-order valence-corrected chi connectivity index (χ4v) is 7.04. The highest BCUT2D eigenvalue weighted by molar-refractivity contribution is 5.28. The maximum atomic E-state index is 10.5. The van der Waals surface area contributed by atoms with Gasteiger partial charge < -0.3 is 14.9 Å². The number of hydrogen-bond donors (Lipinski definition) is 2. The van der Waals surface area contributed by atoms with Crippen LogP contribution in [0.1, 0.15) is 91.9 Å². The maximum Gasteiger partial charge on any atom is 0.0658 e. The molecule has 6 unspecified atom stereocenters. The molecule has 30 heavy (non-hydrogen) atoms. The van der Waals surface area contributed by atoms with Crippen molar-refractivity contribution in [3.8, 4) is 0 Å². The summed E-state index contributed by atoms with van der Waals surface area (Å²) in [5.41, 5.74) is 3.01. The molecule has 0 heterocycles. The van der Waals surface area contributed by atoms with Gasteiger partial charge in [0, 0.05) is 12.0 Å². The zero-order valence-corrected chi connectivity index (χ0v) is 19.7. The molecule has 6 atom stereocenters. The van der Waals surface area contributed by atoms with Crippen molar-refractivity contribution in [1.29, 1.82) is 0 Å². The Balaban J connectivity index is 1.42. The quantitative estimate of drug-likeness (QED) is 0.575. The third-order valence-electron chi connectivity index (χ3n) is 9.28. The lowest BCUT2D eigenvalue weighted by molar-refractivity contribution is -0.0280. The number of allylic oxidation sites excluding steroid dienone is 3. The number of rotatable bonds is 6. The Labute approximate surface area is 184 Å². The van der Waals surface area contributed by atoms with Gasteiger partial charge in [-0.2, -0.15) is 0 Å². The van der Waals surface area contributed by atoms with E-state index in [-0.39, 0.29) is 17.6 Å². The minimum absolute atomic E-state index is 0.168. The predicted octanol–water partition coefficient (Wildman–Crippen LogP) is 5.80. The molecule has 0 amide bonds. The zero-order chi connectivity index (χ0) is 21.5. The van der Waals surface area contributed by atoms with E-state index in [4.69, 9.17) is 4.74 Å². The highest BCUT2D eigenvalue weighted by Crippen LogP contribution is 2.59. The zero-order valence-electron chi connectivity index (χ0n) is 19.7. The number of fused-ring (bicyclic) bond motifs is 1. The highest BCUT2D eigenvalue weighted by atomic mass is 16.5. The topological polar surface area (TPSA) is 49.7 Å². The molecular formula is C27H44O3. The highest BCUT2D eigenvalue weighted by Gasteiger charge is 2.56. The summed E-state index contributed by atoms with van der Waals surface area (Å²) in [6.45, 7) is 10.2. The van der Waals surface area contributed by atoms with E-state index in [1.54, 1.807) is 5.57 Å². The fraction of sp³-hybridized carbons (Fsp3) is 0.852. The number of aliphatic hydroxyl groups excluding tert-OH is 2. The average Bonchev–Trinajstić information content (AvgIpc) is 3.41. The Morgan fingerprint density at radius 1 is 1.03 bits per heavy atom. The van der Waals surface area contributed by atoms with Crippen LogP contribution in [0.25, 0.3) is 0 Å². The number of aliphatic hydroxyl groups is 2. The second-order valence-electron chi connectivity index (χ2n) is 11.6. The fourth-order valence-electron chi connectivity index (χ4n) is 7.04. The molecule has 4 aliphatic rings. The molecule has 4 rings (SSSR count). The van der Waals surface area contributed by atoms with Gasteiger partial charge >= 0.3 is 0 Å². The van der Waals surface area contributed by atoms with Crippen molar-refractivity contribution in [1.82, 2.24) is 0 Å². The van der Waals surface area contributed by atoms with Gasteiger partial charge in [0.25, 0.3) is 0 Å². The molecule has 2 N–H and O–H groups in total. The Morgan fingerprint density at radius 2 is 1.73 bits per heavy atom. The van der Waals surface area contributed by atoms with Crippen LogP contribution in [0.15, 0.2) is 23.3 Å². The Morgan fingerprint density at radius 3 is 2.37 bits per heavy atom. The van der Waals surface area contributed by atoms with Crippen LogP contribution < -0.4 is 0 Å². The molecule has 4 fully saturated rings. The molecule has 170 valence electrons. The lowest BCUT2D eigenvalue weighted by Gasteiger charge is -2.44. The van der Waals surface area contributed by atoms with Crippen LogP contribution >= 0.6 is 0 Å². The summed E-state index contributed by atoms with van der Waals surface area (Å²) in [6, 6.07) is 0. The van der Waals surface area contributed by atoms with Gasteiger partial charge in [-0.05, 0) is 94.3 Å². The van der Waals surface area contributed by atoms with Crippen LogP contribution in [0, 0.1) is 28.6 Å². The van der Waals surface area contributed by atoms with E-state index in [1.807, 2.05) is 0 Å². The smallest absolute Gasteiger partial charge is 0.0658 e. The Kier molecular flexibility index (Phi) is 6.55. The van der Waals surface area contributed by atoms with E-state index in [9.17, 15) is 10.2 Å². The molecule has 3 nitrogen and oxygen atoms in total. The molecule has 0 aliphatic heterocycles. The van der Waals surface area contributed by atoms with Crippen LogP contribution in [-0.4, -0.2) is 35.1 Å². The molecule has 1 spiro atoms. The van der Waals surface area contributed by atoms with Gasteiger partial charge in [0.05, 0.1) is 18.3 Å². The first-order valence-electron chi connectivity index (χ1n) is 12.6. The average molecular weight is 417 g/mol. The van der Waals surface area contributed by atoms with Crippen LogP contribution in [0.2, 0.25) is 0 Å². The van der Waals surface area contributed by atoms with E-state index >= 15 is 0 Å². The van der Waals surface area contributed by atoms with E-state index in [0.717, 1.165) is 38.7 Å². The summed E-state index contributed by atoms with van der Waals surface area (Å²) in [5, 5.41) is 21.1. The molecule has 0 aromatic carbocycles. The predicted molar refractivity (Wildman–Crippen MR) is 122 cm³/mol. The molecule has 4 saturated carbocycles. The first kappa shape index (κ1) is 22.6. The third-order valence-corrected chi connectivity index (χ3v) is 9.28.